The molecule has 3 heterocycles. The van der Waals surface area contributed by atoms with E-state index in [-0.39, 0.29) is 12.1 Å². The molecule has 0 unspecified atom stereocenters. The molecule has 1 aliphatic heterocycles. The third-order valence-corrected chi connectivity index (χ3v) is 7.50. The number of nitrogens with zero attached hydrogens (tertiary/aromatic N) is 3. The standard InChI is InChI=1S/C29H30N4S/c1-18-14-15-24(17-19(18)2)33-28(27(31-29(33)34)25-13-9-10-16-30-25)26-20(3)21(4)32(22(26)5)23-11-7-6-8-12-23/h6-17,27-28H,1-5H3,(H,31,34)/t27-,28-/m0/s1. The van der Waals surface area contributed by atoms with Crippen LogP contribution in [0.1, 0.15) is 51.4 Å². The maximum Gasteiger partial charge on any atom is 0.174 e. The molecule has 2 aromatic carbocycles. The zero-order valence-electron chi connectivity index (χ0n) is 20.3. The SMILES string of the molecule is Cc1ccc(N2C(=S)N[C@@H](c3ccccn3)[C@@H]2c2c(C)c(C)n(-c3ccccc3)c2C)cc1C. The molecular weight excluding hydrogens is 436 g/mol. The number of hydrogen-bond acceptors (Lipinski definition) is 2. The van der Waals surface area contributed by atoms with Gasteiger partial charge in [0.1, 0.15) is 0 Å². The number of benzene rings is 2. The van der Waals surface area contributed by atoms with Crippen molar-refractivity contribution in [3.05, 3.63) is 112 Å². The lowest BCUT2D eigenvalue weighted by Gasteiger charge is -2.29. The normalized spacial score (nSPS) is 17.8. The summed E-state index contributed by atoms with van der Waals surface area (Å²) in [7, 11) is 0. The lowest BCUT2D eigenvalue weighted by Crippen LogP contribution is -2.30. The molecule has 1 saturated heterocycles. The summed E-state index contributed by atoms with van der Waals surface area (Å²) in [6.45, 7) is 11.0. The zero-order chi connectivity index (χ0) is 24.0. The first-order chi connectivity index (χ1) is 16.4. The summed E-state index contributed by atoms with van der Waals surface area (Å²) in [5.74, 6) is 0. The van der Waals surface area contributed by atoms with E-state index in [9.17, 15) is 0 Å². The molecule has 2 aromatic heterocycles. The highest BCUT2D eigenvalue weighted by Gasteiger charge is 2.43. The van der Waals surface area contributed by atoms with Crippen LogP contribution in [0.5, 0.6) is 0 Å². The Hall–Kier alpha value is -3.44. The topological polar surface area (TPSA) is 33.1 Å². The highest BCUT2D eigenvalue weighted by atomic mass is 32.1. The number of pyridine rings is 1. The quantitative estimate of drug-likeness (QED) is 0.344. The molecular formula is C29H30N4S. The van der Waals surface area contributed by atoms with Crippen LogP contribution in [0.3, 0.4) is 0 Å². The molecule has 1 aliphatic rings. The summed E-state index contributed by atoms with van der Waals surface area (Å²) in [5.41, 5.74) is 10.9. The maximum absolute atomic E-state index is 5.95. The van der Waals surface area contributed by atoms with E-state index >= 15 is 0 Å². The molecule has 5 rings (SSSR count). The average molecular weight is 467 g/mol. The number of aromatic nitrogens is 2. The molecule has 0 amide bonds. The Kier molecular flexibility index (Phi) is 5.74. The van der Waals surface area contributed by atoms with Crippen LogP contribution in [0.15, 0.2) is 72.9 Å². The van der Waals surface area contributed by atoms with Crippen molar-refractivity contribution in [1.82, 2.24) is 14.9 Å². The van der Waals surface area contributed by atoms with Gasteiger partial charge in [0.25, 0.3) is 0 Å². The fourth-order valence-corrected chi connectivity index (χ4v) is 5.55. The van der Waals surface area contributed by atoms with Gasteiger partial charge in [-0.3, -0.25) is 4.98 Å². The van der Waals surface area contributed by atoms with Gasteiger partial charge in [-0.1, -0.05) is 30.3 Å². The number of aryl methyl sites for hydroxylation is 2. The Labute approximate surface area is 207 Å². The molecule has 0 spiro atoms. The van der Waals surface area contributed by atoms with E-state index in [1.54, 1.807) is 0 Å². The lowest BCUT2D eigenvalue weighted by molar-refractivity contribution is 0.563. The number of nitrogens with one attached hydrogen (secondary N) is 1. The van der Waals surface area contributed by atoms with Gasteiger partial charge < -0.3 is 14.8 Å². The summed E-state index contributed by atoms with van der Waals surface area (Å²) >= 11 is 5.95. The van der Waals surface area contributed by atoms with Gasteiger partial charge in [0.15, 0.2) is 5.11 Å². The van der Waals surface area contributed by atoms with Crippen LogP contribution in [0.2, 0.25) is 0 Å². The monoisotopic (exact) mass is 466 g/mol. The van der Waals surface area contributed by atoms with E-state index in [4.69, 9.17) is 17.2 Å². The molecule has 1 fully saturated rings. The molecule has 4 nitrogen and oxygen atoms in total. The summed E-state index contributed by atoms with van der Waals surface area (Å²) in [6.07, 6.45) is 1.86. The van der Waals surface area contributed by atoms with Gasteiger partial charge in [0.2, 0.25) is 0 Å². The van der Waals surface area contributed by atoms with Crippen molar-refractivity contribution < 1.29 is 0 Å². The predicted molar refractivity (Wildman–Crippen MR) is 144 cm³/mol. The zero-order valence-corrected chi connectivity index (χ0v) is 21.1. The van der Waals surface area contributed by atoms with Crippen molar-refractivity contribution >= 4 is 23.0 Å². The van der Waals surface area contributed by atoms with Crippen LogP contribution < -0.4 is 10.2 Å². The largest absolute Gasteiger partial charge is 0.351 e. The van der Waals surface area contributed by atoms with Gasteiger partial charge in [-0.25, -0.2) is 0 Å². The summed E-state index contributed by atoms with van der Waals surface area (Å²) in [4.78, 5) is 7.00. The maximum atomic E-state index is 5.95. The highest BCUT2D eigenvalue weighted by Crippen LogP contribution is 2.45. The van der Waals surface area contributed by atoms with Crippen molar-refractivity contribution in [2.24, 2.45) is 0 Å². The predicted octanol–water partition coefficient (Wildman–Crippen LogP) is 6.59. The van der Waals surface area contributed by atoms with E-state index in [0.29, 0.717) is 0 Å². The fourth-order valence-electron chi connectivity index (χ4n) is 5.21. The number of rotatable bonds is 4. The minimum Gasteiger partial charge on any atom is -0.351 e. The number of para-hydroxylation sites is 1. The Morgan fingerprint density at radius 3 is 2.21 bits per heavy atom. The van der Waals surface area contributed by atoms with Crippen molar-refractivity contribution in [2.45, 2.75) is 46.7 Å². The van der Waals surface area contributed by atoms with Crippen LogP contribution >= 0.6 is 12.2 Å². The van der Waals surface area contributed by atoms with Crippen LogP contribution in [0.4, 0.5) is 5.69 Å². The van der Waals surface area contributed by atoms with Gasteiger partial charge in [-0.05, 0) is 99.9 Å². The highest BCUT2D eigenvalue weighted by molar-refractivity contribution is 7.80. The Morgan fingerprint density at radius 2 is 1.53 bits per heavy atom. The van der Waals surface area contributed by atoms with Crippen molar-refractivity contribution in [1.29, 1.82) is 0 Å². The van der Waals surface area contributed by atoms with Crippen LogP contribution in [0.25, 0.3) is 5.69 Å². The summed E-state index contributed by atoms with van der Waals surface area (Å²) in [6, 6.07) is 23.2. The second kappa shape index (κ2) is 8.73. The fraction of sp³-hybridized carbons (Fsp3) is 0.241. The molecule has 172 valence electrons. The minimum atomic E-state index is -0.0567. The number of anilines is 1. The lowest BCUT2D eigenvalue weighted by atomic mass is 9.93. The Morgan fingerprint density at radius 1 is 0.794 bits per heavy atom. The number of hydrogen-bond donors (Lipinski definition) is 1. The van der Waals surface area contributed by atoms with E-state index < -0.39 is 0 Å². The summed E-state index contributed by atoms with van der Waals surface area (Å²) in [5, 5.41) is 4.34. The van der Waals surface area contributed by atoms with Crippen molar-refractivity contribution in [3.63, 3.8) is 0 Å². The third-order valence-electron chi connectivity index (χ3n) is 7.18. The van der Waals surface area contributed by atoms with Crippen LogP contribution in [-0.4, -0.2) is 14.7 Å². The van der Waals surface area contributed by atoms with E-state index in [2.05, 4.69) is 104 Å². The second-order valence-corrected chi connectivity index (χ2v) is 9.53. The van der Waals surface area contributed by atoms with E-state index in [1.807, 2.05) is 18.3 Å². The third kappa shape index (κ3) is 3.61. The van der Waals surface area contributed by atoms with Crippen LogP contribution in [-0.2, 0) is 0 Å². The van der Waals surface area contributed by atoms with Gasteiger partial charge in [-0.2, -0.15) is 0 Å². The van der Waals surface area contributed by atoms with Crippen molar-refractivity contribution in [3.8, 4) is 5.69 Å². The van der Waals surface area contributed by atoms with Gasteiger partial charge >= 0.3 is 0 Å². The van der Waals surface area contributed by atoms with Crippen LogP contribution in [0, 0.1) is 34.6 Å². The van der Waals surface area contributed by atoms with Gasteiger partial charge in [-0.15, -0.1) is 0 Å². The average Bonchev–Trinajstić information content (AvgIpc) is 3.29. The smallest absolute Gasteiger partial charge is 0.174 e. The first-order valence-electron chi connectivity index (χ1n) is 11.7. The molecule has 34 heavy (non-hydrogen) atoms. The van der Waals surface area contributed by atoms with Gasteiger partial charge in [0.05, 0.1) is 17.8 Å². The van der Waals surface area contributed by atoms with E-state index in [0.717, 1.165) is 16.5 Å². The Bertz CT molecular complexity index is 1360. The minimum absolute atomic E-state index is 0.0202. The molecule has 1 N–H and O–H groups in total. The van der Waals surface area contributed by atoms with E-state index in [1.165, 1.54) is 39.3 Å². The molecule has 0 saturated carbocycles. The first-order valence-corrected chi connectivity index (χ1v) is 12.1. The van der Waals surface area contributed by atoms with Gasteiger partial charge in [0, 0.05) is 34.5 Å². The molecule has 5 heteroatoms. The number of thiocarbonyl (C=S) groups is 1. The van der Waals surface area contributed by atoms with Crippen molar-refractivity contribution in [2.75, 3.05) is 4.90 Å². The first kappa shape index (κ1) is 22.4. The molecule has 0 bridgehead atoms. The molecule has 0 radical (unpaired) electrons. The molecule has 2 atom stereocenters. The second-order valence-electron chi connectivity index (χ2n) is 9.15. The summed E-state index contributed by atoms with van der Waals surface area (Å²) < 4.78 is 2.36. The molecule has 4 aromatic rings. The molecule has 0 aliphatic carbocycles. The Balaban J connectivity index is 1.74.